The van der Waals surface area contributed by atoms with E-state index in [1.807, 2.05) is 0 Å². The largest absolute Gasteiger partial charge is 0.340 e. The van der Waals surface area contributed by atoms with Crippen molar-refractivity contribution in [2.45, 2.75) is 32.1 Å². The molecule has 0 saturated carbocycles. The molecule has 1 aliphatic heterocycles. The Morgan fingerprint density at radius 3 is 1.79 bits per heavy atom. The number of benzene rings is 7. The molecule has 7 aromatic rings. The quantitative estimate of drug-likeness (QED) is 0.193. The third-order valence-corrected chi connectivity index (χ3v) is 10.1. The maximum atomic E-state index is 2.59. The Morgan fingerprint density at radius 2 is 1.07 bits per heavy atom. The second-order valence-electron chi connectivity index (χ2n) is 12.8. The van der Waals surface area contributed by atoms with Crippen molar-refractivity contribution < 1.29 is 0 Å². The van der Waals surface area contributed by atoms with Gasteiger partial charge < -0.3 is 4.90 Å². The Labute approximate surface area is 253 Å². The van der Waals surface area contributed by atoms with E-state index in [1.165, 1.54) is 82.6 Å². The van der Waals surface area contributed by atoms with Gasteiger partial charge in [0.1, 0.15) is 0 Å². The van der Waals surface area contributed by atoms with Crippen LogP contribution in [0.2, 0.25) is 0 Å². The van der Waals surface area contributed by atoms with Gasteiger partial charge in [0.25, 0.3) is 0 Å². The van der Waals surface area contributed by atoms with Crippen LogP contribution in [0.5, 0.6) is 0 Å². The minimum Gasteiger partial charge on any atom is -0.340 e. The van der Waals surface area contributed by atoms with Gasteiger partial charge in [0, 0.05) is 28.4 Å². The zero-order chi connectivity index (χ0) is 28.7. The summed E-state index contributed by atoms with van der Waals surface area (Å²) in [6.45, 7) is 5.81. The number of aryl methyl sites for hydroxylation is 1. The topological polar surface area (TPSA) is 3.24 Å². The van der Waals surface area contributed by atoms with E-state index in [2.05, 4.69) is 146 Å². The third kappa shape index (κ3) is 3.40. The normalized spacial score (nSPS) is 15.1. The van der Waals surface area contributed by atoms with Crippen molar-refractivity contribution in [2.75, 3.05) is 11.4 Å². The molecule has 43 heavy (non-hydrogen) atoms. The molecule has 0 fully saturated rings. The molecule has 0 amide bonds. The second-order valence-corrected chi connectivity index (χ2v) is 12.8. The summed E-state index contributed by atoms with van der Waals surface area (Å²) >= 11 is 0. The minimum atomic E-state index is -0.0756. The molecular weight excluding hydrogens is 518 g/mol. The second kappa shape index (κ2) is 9.06. The predicted molar refractivity (Wildman–Crippen MR) is 184 cm³/mol. The lowest BCUT2D eigenvalue weighted by atomic mass is 9.79. The fraction of sp³-hybridized carbons (Fsp3) is 0.143. The summed E-state index contributed by atoms with van der Waals surface area (Å²) in [5.41, 5.74) is 12.3. The molecule has 0 N–H and O–H groups in total. The summed E-state index contributed by atoms with van der Waals surface area (Å²) in [6, 6.07) is 47.8. The molecule has 1 heteroatoms. The summed E-state index contributed by atoms with van der Waals surface area (Å²) in [6.07, 6.45) is 2.30. The molecule has 1 heterocycles. The zero-order valence-electron chi connectivity index (χ0n) is 24.7. The van der Waals surface area contributed by atoms with E-state index in [1.54, 1.807) is 0 Å². The highest BCUT2D eigenvalue weighted by atomic mass is 15.1. The summed E-state index contributed by atoms with van der Waals surface area (Å²) in [7, 11) is 0. The van der Waals surface area contributed by atoms with Crippen LogP contribution in [0.3, 0.4) is 0 Å². The summed E-state index contributed by atoms with van der Waals surface area (Å²) in [5, 5.41) is 7.94. The average molecular weight is 552 g/mol. The molecule has 206 valence electrons. The van der Waals surface area contributed by atoms with Crippen LogP contribution >= 0.6 is 0 Å². The van der Waals surface area contributed by atoms with Crippen molar-refractivity contribution in [2.24, 2.45) is 0 Å². The SMILES string of the molecule is CC1(C)c2ccccc2-c2c1cc(-c1c3ccccc3c(N3CCCc4ccccc43)c3ccccc13)c1ccccc21. The summed E-state index contributed by atoms with van der Waals surface area (Å²) < 4.78 is 0. The van der Waals surface area contributed by atoms with Crippen LogP contribution in [0, 0.1) is 0 Å². The predicted octanol–water partition coefficient (Wildman–Crippen LogP) is 11.2. The summed E-state index contributed by atoms with van der Waals surface area (Å²) in [5.74, 6) is 0. The van der Waals surface area contributed by atoms with Crippen molar-refractivity contribution in [3.05, 3.63) is 144 Å². The van der Waals surface area contributed by atoms with Crippen molar-refractivity contribution in [3.8, 4) is 22.3 Å². The smallest absolute Gasteiger partial charge is 0.0570 e. The van der Waals surface area contributed by atoms with E-state index in [0.717, 1.165) is 19.4 Å². The summed E-state index contributed by atoms with van der Waals surface area (Å²) in [4.78, 5) is 2.59. The number of para-hydroxylation sites is 1. The molecule has 7 aromatic carbocycles. The maximum Gasteiger partial charge on any atom is 0.0570 e. The molecule has 0 radical (unpaired) electrons. The van der Waals surface area contributed by atoms with Crippen molar-refractivity contribution >= 4 is 43.7 Å². The fourth-order valence-corrected chi connectivity index (χ4v) is 8.21. The lowest BCUT2D eigenvalue weighted by molar-refractivity contribution is 0.661. The first-order valence-corrected chi connectivity index (χ1v) is 15.6. The van der Waals surface area contributed by atoms with Crippen LogP contribution in [0.1, 0.15) is 37.0 Å². The third-order valence-electron chi connectivity index (χ3n) is 10.1. The Bertz CT molecular complexity index is 2200. The van der Waals surface area contributed by atoms with Gasteiger partial charge in [-0.15, -0.1) is 0 Å². The van der Waals surface area contributed by atoms with Gasteiger partial charge in [0.15, 0.2) is 0 Å². The first kappa shape index (κ1) is 24.7. The van der Waals surface area contributed by atoms with Crippen LogP contribution in [-0.4, -0.2) is 6.54 Å². The van der Waals surface area contributed by atoms with Gasteiger partial charge in [0.05, 0.1) is 5.69 Å². The molecule has 0 saturated heterocycles. The molecule has 0 unspecified atom stereocenters. The highest BCUT2D eigenvalue weighted by molar-refractivity contribution is 6.24. The zero-order valence-corrected chi connectivity index (χ0v) is 24.7. The van der Waals surface area contributed by atoms with E-state index in [0.29, 0.717) is 0 Å². The van der Waals surface area contributed by atoms with Crippen LogP contribution < -0.4 is 4.90 Å². The van der Waals surface area contributed by atoms with Gasteiger partial charge in [-0.05, 0) is 85.5 Å². The number of hydrogen-bond acceptors (Lipinski definition) is 1. The fourth-order valence-electron chi connectivity index (χ4n) is 8.21. The molecule has 2 aliphatic rings. The lowest BCUT2D eigenvalue weighted by Crippen LogP contribution is -2.25. The van der Waals surface area contributed by atoms with Crippen LogP contribution in [0.4, 0.5) is 11.4 Å². The van der Waals surface area contributed by atoms with E-state index in [9.17, 15) is 0 Å². The van der Waals surface area contributed by atoms with Crippen molar-refractivity contribution in [3.63, 3.8) is 0 Å². The molecular formula is C42H33N. The first-order chi connectivity index (χ1) is 21.1. The molecule has 0 atom stereocenters. The number of rotatable bonds is 2. The number of hydrogen-bond donors (Lipinski definition) is 0. The van der Waals surface area contributed by atoms with Gasteiger partial charge >= 0.3 is 0 Å². The molecule has 0 bridgehead atoms. The highest BCUT2D eigenvalue weighted by Crippen LogP contribution is 2.55. The monoisotopic (exact) mass is 551 g/mol. The first-order valence-electron chi connectivity index (χ1n) is 15.6. The van der Waals surface area contributed by atoms with E-state index in [-0.39, 0.29) is 5.41 Å². The highest BCUT2D eigenvalue weighted by Gasteiger charge is 2.37. The molecule has 1 nitrogen and oxygen atoms in total. The minimum absolute atomic E-state index is 0.0756. The number of fused-ring (bicyclic) bond motifs is 8. The van der Waals surface area contributed by atoms with E-state index in [4.69, 9.17) is 0 Å². The van der Waals surface area contributed by atoms with Crippen LogP contribution in [0.15, 0.2) is 127 Å². The van der Waals surface area contributed by atoms with Crippen LogP contribution in [0.25, 0.3) is 54.6 Å². The molecule has 1 aliphatic carbocycles. The number of nitrogens with zero attached hydrogens (tertiary/aromatic N) is 1. The Kier molecular flexibility index (Phi) is 5.20. The Balaban J connectivity index is 1.42. The standard InChI is InChI=1S/C42H33N/c1-42(2)36-23-11-10-22-34(36)40-29-17-5-4-16-28(29)35(26-37(40)42)39-30-18-6-8-20-32(30)41(33-21-9-7-19-31(33)39)43-25-13-15-27-14-3-12-24-38(27)43/h3-12,14,16-24,26H,13,15,25H2,1-2H3. The number of anilines is 2. The van der Waals surface area contributed by atoms with Gasteiger partial charge in [-0.3, -0.25) is 0 Å². The van der Waals surface area contributed by atoms with Gasteiger partial charge in [-0.1, -0.05) is 129 Å². The Morgan fingerprint density at radius 1 is 0.512 bits per heavy atom. The maximum absolute atomic E-state index is 2.59. The van der Waals surface area contributed by atoms with Crippen molar-refractivity contribution in [1.82, 2.24) is 0 Å². The van der Waals surface area contributed by atoms with E-state index >= 15 is 0 Å². The van der Waals surface area contributed by atoms with Gasteiger partial charge in [0.2, 0.25) is 0 Å². The van der Waals surface area contributed by atoms with Crippen LogP contribution in [-0.2, 0) is 11.8 Å². The molecule has 0 aromatic heterocycles. The molecule has 9 rings (SSSR count). The van der Waals surface area contributed by atoms with Crippen molar-refractivity contribution in [1.29, 1.82) is 0 Å². The Hall–Kier alpha value is -4.88. The van der Waals surface area contributed by atoms with Gasteiger partial charge in [-0.2, -0.15) is 0 Å². The average Bonchev–Trinajstić information content (AvgIpc) is 3.29. The van der Waals surface area contributed by atoms with Gasteiger partial charge in [-0.25, -0.2) is 0 Å². The molecule has 0 spiro atoms. The lowest BCUT2D eigenvalue weighted by Gasteiger charge is -2.34. The van der Waals surface area contributed by atoms with E-state index < -0.39 is 0 Å².